The maximum absolute atomic E-state index is 10.4. The molecule has 0 heterocycles. The zero-order chi connectivity index (χ0) is 15.3. The monoisotopic (exact) mass is 283 g/mol. The molecule has 0 bridgehead atoms. The van der Waals surface area contributed by atoms with Gasteiger partial charge in [-0.1, -0.05) is 41.5 Å². The van der Waals surface area contributed by atoms with Gasteiger partial charge in [-0.2, -0.15) is 0 Å². The third-order valence-electron chi connectivity index (χ3n) is 5.00. The van der Waals surface area contributed by atoms with E-state index >= 15 is 0 Å². The van der Waals surface area contributed by atoms with Crippen LogP contribution in [0, 0.1) is 17.3 Å². The summed E-state index contributed by atoms with van der Waals surface area (Å²) in [4.78, 5) is 2.65. The highest BCUT2D eigenvalue weighted by Gasteiger charge is 2.35. The highest BCUT2D eigenvalue weighted by Crippen LogP contribution is 2.39. The van der Waals surface area contributed by atoms with Crippen LogP contribution in [0.4, 0.5) is 0 Å². The molecule has 1 N–H and O–H groups in total. The topological polar surface area (TPSA) is 23.5 Å². The van der Waals surface area contributed by atoms with Crippen molar-refractivity contribution in [1.82, 2.24) is 4.90 Å². The van der Waals surface area contributed by atoms with E-state index in [-0.39, 0.29) is 6.10 Å². The Morgan fingerprint density at radius 1 is 1.20 bits per heavy atom. The lowest BCUT2D eigenvalue weighted by Gasteiger charge is -2.42. The van der Waals surface area contributed by atoms with Crippen molar-refractivity contribution in [2.75, 3.05) is 13.1 Å². The SMILES string of the molecule is CCC(CC)N(CC(C)C)CC1CC(C)(C)CCC1O. The van der Waals surface area contributed by atoms with Crippen molar-refractivity contribution in [2.24, 2.45) is 17.3 Å². The van der Waals surface area contributed by atoms with Gasteiger partial charge in [-0.3, -0.25) is 4.90 Å². The smallest absolute Gasteiger partial charge is 0.0581 e. The zero-order valence-corrected chi connectivity index (χ0v) is 14.7. The van der Waals surface area contributed by atoms with Gasteiger partial charge >= 0.3 is 0 Å². The molecule has 1 rings (SSSR count). The minimum atomic E-state index is -0.0907. The first-order chi connectivity index (χ1) is 9.29. The highest BCUT2D eigenvalue weighted by molar-refractivity contribution is 4.87. The van der Waals surface area contributed by atoms with E-state index in [4.69, 9.17) is 0 Å². The Labute approximate surface area is 126 Å². The Bertz CT molecular complexity index is 271. The molecule has 0 saturated heterocycles. The van der Waals surface area contributed by atoms with Gasteiger partial charge in [-0.15, -0.1) is 0 Å². The number of rotatable bonds is 7. The summed E-state index contributed by atoms with van der Waals surface area (Å²) in [6.45, 7) is 16.1. The molecule has 2 unspecified atom stereocenters. The van der Waals surface area contributed by atoms with Gasteiger partial charge in [-0.05, 0) is 49.4 Å². The van der Waals surface area contributed by atoms with Gasteiger partial charge in [0, 0.05) is 19.1 Å². The maximum atomic E-state index is 10.4. The van der Waals surface area contributed by atoms with Gasteiger partial charge in [-0.25, -0.2) is 0 Å². The normalized spacial score (nSPS) is 26.7. The number of nitrogens with zero attached hydrogens (tertiary/aromatic N) is 1. The molecule has 1 saturated carbocycles. The van der Waals surface area contributed by atoms with Gasteiger partial charge in [0.1, 0.15) is 0 Å². The Morgan fingerprint density at radius 2 is 1.80 bits per heavy atom. The minimum Gasteiger partial charge on any atom is -0.393 e. The molecule has 0 aromatic rings. The molecule has 0 spiro atoms. The Balaban J connectivity index is 2.71. The van der Waals surface area contributed by atoms with E-state index < -0.39 is 0 Å². The lowest BCUT2D eigenvalue weighted by atomic mass is 9.70. The Kier molecular flexibility index (Phi) is 7.00. The van der Waals surface area contributed by atoms with Crippen LogP contribution in [0.3, 0.4) is 0 Å². The summed E-state index contributed by atoms with van der Waals surface area (Å²) in [5.41, 5.74) is 0.404. The average molecular weight is 283 g/mol. The summed E-state index contributed by atoms with van der Waals surface area (Å²) in [5, 5.41) is 10.4. The summed E-state index contributed by atoms with van der Waals surface area (Å²) >= 11 is 0. The summed E-state index contributed by atoms with van der Waals surface area (Å²) in [6, 6.07) is 0.676. The van der Waals surface area contributed by atoms with Crippen molar-refractivity contribution in [3.63, 3.8) is 0 Å². The van der Waals surface area contributed by atoms with Gasteiger partial charge in [0.2, 0.25) is 0 Å². The predicted octanol–water partition coefficient (Wildman–Crippen LogP) is 4.32. The molecule has 120 valence electrons. The van der Waals surface area contributed by atoms with Gasteiger partial charge < -0.3 is 5.11 Å². The molecule has 0 aromatic carbocycles. The zero-order valence-electron chi connectivity index (χ0n) is 14.7. The number of hydrogen-bond acceptors (Lipinski definition) is 2. The van der Waals surface area contributed by atoms with Crippen LogP contribution in [0.15, 0.2) is 0 Å². The Morgan fingerprint density at radius 3 is 2.30 bits per heavy atom. The van der Waals surface area contributed by atoms with E-state index in [1.54, 1.807) is 0 Å². The molecule has 0 amide bonds. The van der Waals surface area contributed by atoms with Crippen molar-refractivity contribution in [2.45, 2.75) is 85.8 Å². The van der Waals surface area contributed by atoms with Crippen molar-refractivity contribution >= 4 is 0 Å². The van der Waals surface area contributed by atoms with Crippen LogP contribution < -0.4 is 0 Å². The standard InChI is InChI=1S/C18H37NO/c1-7-16(8-2)19(12-14(3)4)13-15-11-18(5,6)10-9-17(15)20/h14-17,20H,7-13H2,1-6H3. The molecule has 1 aliphatic carbocycles. The fourth-order valence-electron chi connectivity index (χ4n) is 3.86. The van der Waals surface area contributed by atoms with Crippen LogP contribution in [0.25, 0.3) is 0 Å². The molecule has 1 aliphatic rings. The molecule has 20 heavy (non-hydrogen) atoms. The van der Waals surface area contributed by atoms with E-state index in [0.29, 0.717) is 23.3 Å². The van der Waals surface area contributed by atoms with E-state index in [9.17, 15) is 5.11 Å². The molecule has 0 radical (unpaired) electrons. The van der Waals surface area contributed by atoms with Crippen LogP contribution in [-0.2, 0) is 0 Å². The van der Waals surface area contributed by atoms with Crippen LogP contribution in [0.2, 0.25) is 0 Å². The first kappa shape index (κ1) is 18.0. The second-order valence-corrected chi connectivity index (χ2v) is 8.05. The van der Waals surface area contributed by atoms with Gasteiger partial charge in [0.25, 0.3) is 0 Å². The van der Waals surface area contributed by atoms with E-state index in [1.807, 2.05) is 0 Å². The van der Waals surface area contributed by atoms with Crippen LogP contribution in [0.5, 0.6) is 0 Å². The number of aliphatic hydroxyl groups excluding tert-OH is 1. The summed E-state index contributed by atoms with van der Waals surface area (Å²) < 4.78 is 0. The quantitative estimate of drug-likeness (QED) is 0.752. The van der Waals surface area contributed by atoms with Crippen LogP contribution in [0.1, 0.15) is 73.6 Å². The predicted molar refractivity (Wildman–Crippen MR) is 87.9 cm³/mol. The lowest BCUT2D eigenvalue weighted by molar-refractivity contribution is -0.00569. The summed E-state index contributed by atoms with van der Waals surface area (Å²) in [5.74, 6) is 1.16. The summed E-state index contributed by atoms with van der Waals surface area (Å²) in [7, 11) is 0. The van der Waals surface area contributed by atoms with E-state index in [1.165, 1.54) is 25.7 Å². The number of aliphatic hydroxyl groups is 1. The summed E-state index contributed by atoms with van der Waals surface area (Å²) in [6.07, 6.45) is 5.66. The maximum Gasteiger partial charge on any atom is 0.0581 e. The largest absolute Gasteiger partial charge is 0.393 e. The van der Waals surface area contributed by atoms with Gasteiger partial charge in [0.05, 0.1) is 6.10 Å². The number of hydrogen-bond donors (Lipinski definition) is 1. The van der Waals surface area contributed by atoms with Crippen molar-refractivity contribution in [3.8, 4) is 0 Å². The third-order valence-corrected chi connectivity index (χ3v) is 5.00. The average Bonchev–Trinajstić information content (AvgIpc) is 2.34. The molecular formula is C18H37NO. The fraction of sp³-hybridized carbons (Fsp3) is 1.00. The van der Waals surface area contributed by atoms with E-state index in [2.05, 4.69) is 46.4 Å². The first-order valence-corrected chi connectivity index (χ1v) is 8.71. The lowest BCUT2D eigenvalue weighted by Crippen LogP contribution is -2.46. The van der Waals surface area contributed by atoms with E-state index in [0.717, 1.165) is 19.5 Å². The van der Waals surface area contributed by atoms with Crippen molar-refractivity contribution < 1.29 is 5.11 Å². The fourth-order valence-corrected chi connectivity index (χ4v) is 3.86. The van der Waals surface area contributed by atoms with Crippen molar-refractivity contribution in [3.05, 3.63) is 0 Å². The first-order valence-electron chi connectivity index (χ1n) is 8.71. The second-order valence-electron chi connectivity index (χ2n) is 8.05. The second kappa shape index (κ2) is 7.79. The Hall–Kier alpha value is -0.0800. The highest BCUT2D eigenvalue weighted by atomic mass is 16.3. The molecule has 2 heteroatoms. The van der Waals surface area contributed by atoms with Crippen LogP contribution >= 0.6 is 0 Å². The third kappa shape index (κ3) is 5.37. The van der Waals surface area contributed by atoms with Gasteiger partial charge in [0.15, 0.2) is 0 Å². The minimum absolute atomic E-state index is 0.0907. The molecule has 0 aliphatic heterocycles. The molecule has 0 aromatic heterocycles. The molecule has 1 fully saturated rings. The molecule has 2 nitrogen and oxygen atoms in total. The van der Waals surface area contributed by atoms with Crippen LogP contribution in [-0.4, -0.2) is 35.2 Å². The van der Waals surface area contributed by atoms with Crippen molar-refractivity contribution in [1.29, 1.82) is 0 Å². The molecule has 2 atom stereocenters. The molecular weight excluding hydrogens is 246 g/mol.